The molecule has 2 amide bonds. The van der Waals surface area contributed by atoms with Crippen molar-refractivity contribution in [2.24, 2.45) is 0 Å². The molecule has 0 bridgehead atoms. The lowest BCUT2D eigenvalue weighted by atomic mass is 10.2. The molecular formula is C21H28N2O7S. The number of sulfone groups is 1. The number of amides is 2. The fraction of sp³-hybridized carbons (Fsp3) is 0.571. The van der Waals surface area contributed by atoms with Crippen LogP contribution in [0.2, 0.25) is 0 Å². The molecule has 10 heteroatoms. The number of carbonyl (C=O) groups is 3. The van der Waals surface area contributed by atoms with Gasteiger partial charge in [0, 0.05) is 19.1 Å². The van der Waals surface area contributed by atoms with Gasteiger partial charge in [0.25, 0.3) is 11.8 Å². The van der Waals surface area contributed by atoms with Crippen molar-refractivity contribution < 1.29 is 32.3 Å². The molecule has 9 nitrogen and oxygen atoms in total. The number of hydrogen-bond donors (Lipinski definition) is 0. The quantitative estimate of drug-likeness (QED) is 0.517. The largest absolute Gasteiger partial charge is 0.482 e. The van der Waals surface area contributed by atoms with E-state index in [-0.39, 0.29) is 43.0 Å². The first-order valence-electron chi connectivity index (χ1n) is 10.5. The average molecular weight is 453 g/mol. The van der Waals surface area contributed by atoms with Gasteiger partial charge in [0.15, 0.2) is 23.1 Å². The molecule has 0 saturated carbocycles. The maximum atomic E-state index is 12.6. The molecule has 2 aliphatic rings. The van der Waals surface area contributed by atoms with E-state index < -0.39 is 28.3 Å². The standard InChI is InChI=1S/C21H28N2O7S/c1-2-3-10-22(16-9-12-31(27,28)15-16)19(24)14-30-21(26)8-11-23-17-6-4-5-7-18(17)29-13-20(23)25/h4-7,16H,2-3,8-15H2,1H3. The van der Waals surface area contributed by atoms with Crippen LogP contribution in [0.5, 0.6) is 5.75 Å². The summed E-state index contributed by atoms with van der Waals surface area (Å²) in [5.41, 5.74) is 0.593. The van der Waals surface area contributed by atoms with Gasteiger partial charge in [0.05, 0.1) is 23.6 Å². The summed E-state index contributed by atoms with van der Waals surface area (Å²) in [5.74, 6) is -0.645. The number of nitrogens with zero attached hydrogens (tertiary/aromatic N) is 2. The molecule has 3 rings (SSSR count). The van der Waals surface area contributed by atoms with Crippen molar-refractivity contribution in [1.29, 1.82) is 0 Å². The van der Waals surface area contributed by atoms with Crippen molar-refractivity contribution in [2.45, 2.75) is 38.6 Å². The lowest BCUT2D eigenvalue weighted by molar-refractivity contribution is -0.152. The van der Waals surface area contributed by atoms with E-state index in [1.54, 1.807) is 24.3 Å². The molecule has 2 heterocycles. The highest BCUT2D eigenvalue weighted by Crippen LogP contribution is 2.31. The van der Waals surface area contributed by atoms with Gasteiger partial charge in [0.1, 0.15) is 5.75 Å². The molecule has 1 aromatic carbocycles. The fourth-order valence-corrected chi connectivity index (χ4v) is 5.49. The zero-order valence-electron chi connectivity index (χ0n) is 17.6. The van der Waals surface area contributed by atoms with Crippen molar-refractivity contribution in [3.63, 3.8) is 0 Å². The minimum atomic E-state index is -3.13. The van der Waals surface area contributed by atoms with Crippen molar-refractivity contribution in [2.75, 3.05) is 42.7 Å². The number of hydrogen-bond acceptors (Lipinski definition) is 7. The Kier molecular flexibility index (Phi) is 7.53. The van der Waals surface area contributed by atoms with Crippen LogP contribution in [0.1, 0.15) is 32.6 Å². The lowest BCUT2D eigenvalue weighted by Crippen LogP contribution is -2.44. The summed E-state index contributed by atoms with van der Waals surface area (Å²) in [7, 11) is -3.13. The number of anilines is 1. The Morgan fingerprint density at radius 2 is 2.06 bits per heavy atom. The summed E-state index contributed by atoms with van der Waals surface area (Å²) < 4.78 is 34.1. The van der Waals surface area contributed by atoms with Crippen LogP contribution in [-0.2, 0) is 29.0 Å². The SMILES string of the molecule is CCCCN(C(=O)COC(=O)CCN1C(=O)COc2ccccc21)C1CCS(=O)(=O)C1. The van der Waals surface area contributed by atoms with Crippen LogP contribution < -0.4 is 9.64 Å². The first-order valence-corrected chi connectivity index (χ1v) is 12.3. The fourth-order valence-electron chi connectivity index (χ4n) is 3.76. The van der Waals surface area contributed by atoms with Crippen LogP contribution >= 0.6 is 0 Å². The normalized spacial score (nSPS) is 19.5. The summed E-state index contributed by atoms with van der Waals surface area (Å²) in [5, 5.41) is 0. The number of benzene rings is 1. The zero-order chi connectivity index (χ0) is 22.4. The lowest BCUT2D eigenvalue weighted by Gasteiger charge is -2.29. The third-order valence-electron chi connectivity index (χ3n) is 5.43. The molecule has 0 N–H and O–H groups in total. The minimum absolute atomic E-state index is 0.0467. The molecule has 1 atom stereocenters. The van der Waals surface area contributed by atoms with Crippen molar-refractivity contribution in [3.05, 3.63) is 24.3 Å². The van der Waals surface area contributed by atoms with E-state index in [0.717, 1.165) is 12.8 Å². The average Bonchev–Trinajstić information content (AvgIpc) is 3.11. The number of esters is 1. The third kappa shape index (κ3) is 5.96. The molecule has 0 aliphatic carbocycles. The Balaban J connectivity index is 1.52. The maximum Gasteiger partial charge on any atom is 0.308 e. The molecule has 0 aromatic heterocycles. The summed E-state index contributed by atoms with van der Waals surface area (Å²) in [6.07, 6.45) is 1.94. The summed E-state index contributed by atoms with van der Waals surface area (Å²) >= 11 is 0. The Bertz CT molecular complexity index is 931. The van der Waals surface area contributed by atoms with E-state index in [1.807, 2.05) is 6.92 Å². The Hall–Kier alpha value is -2.62. The van der Waals surface area contributed by atoms with Gasteiger partial charge in [-0.25, -0.2) is 8.42 Å². The van der Waals surface area contributed by atoms with E-state index in [4.69, 9.17) is 9.47 Å². The van der Waals surface area contributed by atoms with Crippen LogP contribution in [-0.4, -0.2) is 75.0 Å². The number of fused-ring (bicyclic) bond motifs is 1. The van der Waals surface area contributed by atoms with E-state index >= 15 is 0 Å². The molecule has 0 spiro atoms. The molecule has 2 aliphatic heterocycles. The first kappa shape index (κ1) is 23.1. The van der Waals surface area contributed by atoms with Crippen LogP contribution in [0.25, 0.3) is 0 Å². The second-order valence-corrected chi connectivity index (χ2v) is 9.94. The monoisotopic (exact) mass is 452 g/mol. The molecule has 1 fully saturated rings. The maximum absolute atomic E-state index is 12.6. The smallest absolute Gasteiger partial charge is 0.308 e. The van der Waals surface area contributed by atoms with E-state index in [1.165, 1.54) is 9.80 Å². The van der Waals surface area contributed by atoms with Crippen LogP contribution in [0.15, 0.2) is 24.3 Å². The molecule has 31 heavy (non-hydrogen) atoms. The van der Waals surface area contributed by atoms with E-state index in [0.29, 0.717) is 24.4 Å². The number of rotatable bonds is 9. The minimum Gasteiger partial charge on any atom is -0.482 e. The highest BCUT2D eigenvalue weighted by Gasteiger charge is 2.34. The van der Waals surface area contributed by atoms with Gasteiger partial charge >= 0.3 is 5.97 Å². The van der Waals surface area contributed by atoms with Gasteiger partial charge in [-0.05, 0) is 25.0 Å². The summed E-state index contributed by atoms with van der Waals surface area (Å²) in [6, 6.07) is 6.69. The van der Waals surface area contributed by atoms with E-state index in [2.05, 4.69) is 0 Å². The predicted molar refractivity (Wildman–Crippen MR) is 114 cm³/mol. The Morgan fingerprint density at radius 3 is 2.77 bits per heavy atom. The summed E-state index contributed by atoms with van der Waals surface area (Å²) in [6.45, 7) is 2.01. The van der Waals surface area contributed by atoms with Crippen LogP contribution in [0.3, 0.4) is 0 Å². The first-order chi connectivity index (χ1) is 14.8. The van der Waals surface area contributed by atoms with Crippen molar-refractivity contribution >= 4 is 33.3 Å². The second-order valence-electron chi connectivity index (χ2n) is 7.71. The van der Waals surface area contributed by atoms with Gasteiger partial charge in [-0.3, -0.25) is 14.4 Å². The predicted octanol–water partition coefficient (Wildman–Crippen LogP) is 1.16. The Labute approximate surface area is 182 Å². The second kappa shape index (κ2) is 10.1. The van der Waals surface area contributed by atoms with Crippen molar-refractivity contribution in [3.8, 4) is 5.75 Å². The Morgan fingerprint density at radius 1 is 1.29 bits per heavy atom. The molecule has 0 radical (unpaired) electrons. The molecule has 1 unspecified atom stereocenters. The van der Waals surface area contributed by atoms with E-state index in [9.17, 15) is 22.8 Å². The molecular weight excluding hydrogens is 424 g/mol. The van der Waals surface area contributed by atoms with Gasteiger partial charge < -0.3 is 19.3 Å². The number of unbranched alkanes of at least 4 members (excludes halogenated alkanes) is 1. The molecule has 1 saturated heterocycles. The van der Waals surface area contributed by atoms with Gasteiger partial charge in [-0.2, -0.15) is 0 Å². The molecule has 170 valence electrons. The highest BCUT2D eigenvalue weighted by atomic mass is 32.2. The number of para-hydroxylation sites is 2. The van der Waals surface area contributed by atoms with Gasteiger partial charge in [0.2, 0.25) is 0 Å². The van der Waals surface area contributed by atoms with Crippen molar-refractivity contribution in [1.82, 2.24) is 4.90 Å². The van der Waals surface area contributed by atoms with Gasteiger partial charge in [-0.1, -0.05) is 25.5 Å². The third-order valence-corrected chi connectivity index (χ3v) is 7.18. The summed E-state index contributed by atoms with van der Waals surface area (Å²) in [4.78, 5) is 40.0. The topological polar surface area (TPSA) is 110 Å². The number of carbonyl (C=O) groups excluding carboxylic acids is 3. The van der Waals surface area contributed by atoms with Gasteiger partial charge in [-0.15, -0.1) is 0 Å². The van der Waals surface area contributed by atoms with Crippen LogP contribution in [0, 0.1) is 0 Å². The number of ether oxygens (including phenoxy) is 2. The highest BCUT2D eigenvalue weighted by molar-refractivity contribution is 7.91. The molecule has 1 aromatic rings. The van der Waals surface area contributed by atoms with Crippen LogP contribution in [0.4, 0.5) is 5.69 Å². The zero-order valence-corrected chi connectivity index (χ0v) is 18.4.